The van der Waals surface area contributed by atoms with Gasteiger partial charge in [0.1, 0.15) is 4.90 Å². The number of hydrogen-bond acceptors (Lipinski definition) is 2. The quantitative estimate of drug-likeness (QED) is 0.396. The minimum atomic E-state index is -3.81. The SMILES string of the molecule is O=S(=O)(NCCCCCCBr)c1ccc(Cl)c(F)c1Cl. The maximum absolute atomic E-state index is 13.5. The predicted octanol–water partition coefficient (Wildman–Crippen LogP) is 4.37. The van der Waals surface area contributed by atoms with Crippen LogP contribution in [0.25, 0.3) is 0 Å². The molecule has 0 fully saturated rings. The lowest BCUT2D eigenvalue weighted by Crippen LogP contribution is -2.25. The Morgan fingerprint density at radius 3 is 2.45 bits per heavy atom. The van der Waals surface area contributed by atoms with E-state index in [4.69, 9.17) is 23.2 Å². The molecule has 0 amide bonds. The molecule has 0 bridgehead atoms. The van der Waals surface area contributed by atoms with Crippen molar-refractivity contribution in [3.8, 4) is 0 Å². The van der Waals surface area contributed by atoms with Crippen LogP contribution in [-0.2, 0) is 10.0 Å². The van der Waals surface area contributed by atoms with E-state index in [1.807, 2.05) is 0 Å². The van der Waals surface area contributed by atoms with Crippen molar-refractivity contribution in [2.75, 3.05) is 11.9 Å². The summed E-state index contributed by atoms with van der Waals surface area (Å²) in [5.41, 5.74) is 0. The molecule has 0 unspecified atom stereocenters. The van der Waals surface area contributed by atoms with E-state index >= 15 is 0 Å². The topological polar surface area (TPSA) is 46.2 Å². The fourth-order valence-corrected chi connectivity index (χ4v) is 3.79. The fourth-order valence-electron chi connectivity index (χ4n) is 1.57. The molecule has 8 heteroatoms. The minimum Gasteiger partial charge on any atom is -0.211 e. The summed E-state index contributed by atoms with van der Waals surface area (Å²) in [6.45, 7) is 0.297. The Morgan fingerprint density at radius 1 is 1.15 bits per heavy atom. The molecule has 0 aromatic heterocycles. The lowest BCUT2D eigenvalue weighted by Gasteiger charge is -2.09. The molecule has 0 aliphatic heterocycles. The second-order valence-corrected chi connectivity index (χ2v) is 7.49. The van der Waals surface area contributed by atoms with Gasteiger partial charge in [-0.2, -0.15) is 0 Å². The third kappa shape index (κ3) is 5.15. The summed E-state index contributed by atoms with van der Waals surface area (Å²) in [4.78, 5) is -0.290. The molecule has 1 aromatic rings. The molecule has 114 valence electrons. The van der Waals surface area contributed by atoms with Crippen molar-refractivity contribution in [1.82, 2.24) is 4.72 Å². The van der Waals surface area contributed by atoms with Crippen LogP contribution in [0.4, 0.5) is 4.39 Å². The largest absolute Gasteiger partial charge is 0.242 e. The molecule has 0 radical (unpaired) electrons. The summed E-state index contributed by atoms with van der Waals surface area (Å²) >= 11 is 14.5. The molecule has 20 heavy (non-hydrogen) atoms. The van der Waals surface area contributed by atoms with E-state index in [2.05, 4.69) is 20.7 Å². The van der Waals surface area contributed by atoms with Crippen molar-refractivity contribution >= 4 is 49.2 Å². The zero-order chi connectivity index (χ0) is 15.2. The van der Waals surface area contributed by atoms with Gasteiger partial charge in [-0.05, 0) is 25.0 Å². The Balaban J connectivity index is 2.63. The smallest absolute Gasteiger partial charge is 0.211 e. The number of nitrogens with one attached hydrogen (secondary N) is 1. The highest BCUT2D eigenvalue weighted by Gasteiger charge is 2.21. The van der Waals surface area contributed by atoms with E-state index < -0.39 is 20.9 Å². The Labute approximate surface area is 137 Å². The van der Waals surface area contributed by atoms with Crippen LogP contribution in [0.15, 0.2) is 17.0 Å². The van der Waals surface area contributed by atoms with E-state index in [0.717, 1.165) is 31.0 Å². The van der Waals surface area contributed by atoms with Gasteiger partial charge in [-0.15, -0.1) is 0 Å². The van der Waals surface area contributed by atoms with Crippen LogP contribution in [0.5, 0.6) is 0 Å². The normalized spacial score (nSPS) is 11.8. The predicted molar refractivity (Wildman–Crippen MR) is 83.9 cm³/mol. The minimum absolute atomic E-state index is 0.205. The zero-order valence-corrected chi connectivity index (χ0v) is 14.5. The first-order valence-electron chi connectivity index (χ1n) is 6.09. The highest BCUT2D eigenvalue weighted by atomic mass is 79.9. The van der Waals surface area contributed by atoms with Gasteiger partial charge in [0.25, 0.3) is 0 Å². The van der Waals surface area contributed by atoms with Gasteiger partial charge in [0.2, 0.25) is 10.0 Å². The van der Waals surface area contributed by atoms with Gasteiger partial charge < -0.3 is 0 Å². The summed E-state index contributed by atoms with van der Waals surface area (Å²) in [6, 6.07) is 2.37. The van der Waals surface area contributed by atoms with E-state index in [1.54, 1.807) is 0 Å². The van der Waals surface area contributed by atoms with Crippen molar-refractivity contribution in [2.24, 2.45) is 0 Å². The Kier molecular flexibility index (Phi) is 7.75. The van der Waals surface area contributed by atoms with E-state index in [0.29, 0.717) is 6.54 Å². The summed E-state index contributed by atoms with van der Waals surface area (Å²) in [5, 5.41) is 0.256. The van der Waals surface area contributed by atoms with Gasteiger partial charge in [0.15, 0.2) is 5.82 Å². The molecule has 1 aromatic carbocycles. The number of rotatable bonds is 8. The molecule has 0 saturated carbocycles. The molecule has 0 heterocycles. The average Bonchev–Trinajstić information content (AvgIpc) is 2.39. The van der Waals surface area contributed by atoms with Crippen molar-refractivity contribution in [3.63, 3.8) is 0 Å². The first-order chi connectivity index (χ1) is 9.40. The first-order valence-corrected chi connectivity index (χ1v) is 9.45. The van der Waals surface area contributed by atoms with Gasteiger partial charge in [0, 0.05) is 11.9 Å². The monoisotopic (exact) mass is 405 g/mol. The molecule has 0 aliphatic rings. The zero-order valence-electron chi connectivity index (χ0n) is 10.6. The molecular weight excluding hydrogens is 392 g/mol. The van der Waals surface area contributed by atoms with Crippen LogP contribution in [0.2, 0.25) is 10.0 Å². The molecule has 1 N–H and O–H groups in total. The highest BCUT2D eigenvalue weighted by molar-refractivity contribution is 9.09. The van der Waals surface area contributed by atoms with Gasteiger partial charge in [-0.1, -0.05) is 52.0 Å². The van der Waals surface area contributed by atoms with Crippen LogP contribution >= 0.6 is 39.1 Å². The average molecular weight is 407 g/mol. The van der Waals surface area contributed by atoms with Crippen molar-refractivity contribution in [2.45, 2.75) is 30.6 Å². The molecular formula is C12H15BrCl2FNO2S. The lowest BCUT2D eigenvalue weighted by atomic mass is 10.2. The summed E-state index contributed by atoms with van der Waals surface area (Å²) in [6.07, 6.45) is 3.74. The summed E-state index contributed by atoms with van der Waals surface area (Å²) in [5.74, 6) is -0.923. The molecule has 0 saturated heterocycles. The van der Waals surface area contributed by atoms with Crippen LogP contribution in [0, 0.1) is 5.82 Å². The number of hydrogen-bond donors (Lipinski definition) is 1. The van der Waals surface area contributed by atoms with Crippen LogP contribution in [0.3, 0.4) is 0 Å². The molecule has 0 atom stereocenters. The van der Waals surface area contributed by atoms with Gasteiger partial charge in [-0.3, -0.25) is 0 Å². The highest BCUT2D eigenvalue weighted by Crippen LogP contribution is 2.29. The fraction of sp³-hybridized carbons (Fsp3) is 0.500. The number of unbranched alkanes of at least 4 members (excludes halogenated alkanes) is 3. The molecule has 0 spiro atoms. The number of sulfonamides is 1. The van der Waals surface area contributed by atoms with E-state index in [1.165, 1.54) is 12.1 Å². The van der Waals surface area contributed by atoms with Crippen LogP contribution in [-0.4, -0.2) is 20.3 Å². The standard InChI is InChI=1S/C12H15BrCl2FNO2S/c13-7-3-1-2-4-8-17-20(18,19)10-6-5-9(14)12(16)11(10)15/h5-6,17H,1-4,7-8H2. The molecule has 0 aliphatic carbocycles. The molecule has 1 rings (SSSR count). The van der Waals surface area contributed by atoms with Gasteiger partial charge >= 0.3 is 0 Å². The number of benzene rings is 1. The van der Waals surface area contributed by atoms with Gasteiger partial charge in [0.05, 0.1) is 10.0 Å². The second-order valence-electron chi connectivity index (χ2n) is 4.17. The Morgan fingerprint density at radius 2 is 1.80 bits per heavy atom. The lowest BCUT2D eigenvalue weighted by molar-refractivity contribution is 0.571. The van der Waals surface area contributed by atoms with Crippen LogP contribution in [0.1, 0.15) is 25.7 Å². The third-order valence-electron chi connectivity index (χ3n) is 2.64. The third-order valence-corrected chi connectivity index (χ3v) is 5.48. The Hall–Kier alpha value is 0.120. The molecule has 3 nitrogen and oxygen atoms in total. The maximum Gasteiger partial charge on any atom is 0.242 e. The number of alkyl halides is 1. The maximum atomic E-state index is 13.5. The van der Waals surface area contributed by atoms with Crippen molar-refractivity contribution < 1.29 is 12.8 Å². The van der Waals surface area contributed by atoms with E-state index in [-0.39, 0.29) is 9.92 Å². The van der Waals surface area contributed by atoms with Crippen molar-refractivity contribution in [1.29, 1.82) is 0 Å². The first kappa shape index (κ1) is 18.2. The van der Waals surface area contributed by atoms with E-state index in [9.17, 15) is 12.8 Å². The van der Waals surface area contributed by atoms with Gasteiger partial charge in [-0.25, -0.2) is 17.5 Å². The van der Waals surface area contributed by atoms with Crippen molar-refractivity contribution in [3.05, 3.63) is 28.0 Å². The summed E-state index contributed by atoms with van der Waals surface area (Å²) in [7, 11) is -3.81. The number of halogens is 4. The second kappa shape index (κ2) is 8.54. The summed E-state index contributed by atoms with van der Waals surface area (Å²) < 4.78 is 39.9. The Bertz CT molecular complexity index is 555. The van der Waals surface area contributed by atoms with Crippen LogP contribution < -0.4 is 4.72 Å².